The fourth-order valence-electron chi connectivity index (χ4n) is 3.30. The van der Waals surface area contributed by atoms with Gasteiger partial charge in [-0.05, 0) is 30.3 Å². The van der Waals surface area contributed by atoms with Gasteiger partial charge < -0.3 is 20.4 Å². The van der Waals surface area contributed by atoms with Gasteiger partial charge in [-0.15, -0.1) is 0 Å². The van der Waals surface area contributed by atoms with Crippen LogP contribution < -0.4 is 11.2 Å². The number of carboxylic acid groups (broad SMARTS) is 1. The van der Waals surface area contributed by atoms with Crippen molar-refractivity contribution in [2.24, 2.45) is 0 Å². The standard InChI is InChI=1S/C20H12N2O7/c21-15-7-13(14(20(25)26)8-16(15)22(27)28)19-11-3-1-9(23)5-17(11)29-18-6-10(24)2-4-12(18)19/h1-8,23H,21H2,(H,25,26). The molecular formula is C20H12N2O7. The lowest BCUT2D eigenvalue weighted by molar-refractivity contribution is -0.383. The van der Waals surface area contributed by atoms with Gasteiger partial charge in [0.2, 0.25) is 0 Å². The van der Waals surface area contributed by atoms with Gasteiger partial charge in [0.15, 0.2) is 5.43 Å². The van der Waals surface area contributed by atoms with E-state index in [1.807, 2.05) is 0 Å². The first-order chi connectivity index (χ1) is 13.8. The van der Waals surface area contributed by atoms with E-state index >= 15 is 0 Å². The fraction of sp³-hybridized carbons (Fsp3) is 0. The van der Waals surface area contributed by atoms with Crippen LogP contribution in [0.1, 0.15) is 10.4 Å². The predicted molar refractivity (Wildman–Crippen MR) is 104 cm³/mol. The summed E-state index contributed by atoms with van der Waals surface area (Å²) in [6.45, 7) is 0. The largest absolute Gasteiger partial charge is 0.508 e. The first-order valence-corrected chi connectivity index (χ1v) is 8.27. The second kappa shape index (κ2) is 6.34. The lowest BCUT2D eigenvalue weighted by Gasteiger charge is -2.17. The van der Waals surface area contributed by atoms with Crippen molar-refractivity contribution in [2.45, 2.75) is 0 Å². The minimum Gasteiger partial charge on any atom is -0.508 e. The molecule has 0 bridgehead atoms. The van der Waals surface area contributed by atoms with Crippen LogP contribution in [0.4, 0.5) is 11.4 Å². The Bertz CT molecular complexity index is 1360. The Kier molecular flexibility index (Phi) is 3.93. The summed E-state index contributed by atoms with van der Waals surface area (Å²) in [6.07, 6.45) is 0. The quantitative estimate of drug-likeness (QED) is 0.207. The molecule has 1 aliphatic carbocycles. The molecule has 2 aromatic carbocycles. The van der Waals surface area contributed by atoms with Gasteiger partial charge in [-0.25, -0.2) is 4.79 Å². The predicted octanol–water partition coefficient (Wildman–Crippen LogP) is 3.46. The molecule has 144 valence electrons. The highest BCUT2D eigenvalue weighted by Gasteiger charge is 2.25. The van der Waals surface area contributed by atoms with Gasteiger partial charge in [-0.2, -0.15) is 0 Å². The van der Waals surface area contributed by atoms with E-state index in [2.05, 4.69) is 0 Å². The molecule has 0 aromatic heterocycles. The summed E-state index contributed by atoms with van der Waals surface area (Å²) in [5, 5.41) is 31.1. The van der Waals surface area contributed by atoms with Crippen molar-refractivity contribution >= 4 is 28.3 Å². The second-order valence-corrected chi connectivity index (χ2v) is 6.33. The normalized spacial score (nSPS) is 11.0. The van der Waals surface area contributed by atoms with E-state index in [1.54, 1.807) is 0 Å². The van der Waals surface area contributed by atoms with Crippen LogP contribution in [0.15, 0.2) is 57.7 Å². The van der Waals surface area contributed by atoms with Crippen LogP contribution in [0.2, 0.25) is 0 Å². The summed E-state index contributed by atoms with van der Waals surface area (Å²) in [6, 6.07) is 10.4. The molecule has 0 radical (unpaired) electrons. The molecule has 0 saturated carbocycles. The van der Waals surface area contributed by atoms with Gasteiger partial charge in [-0.3, -0.25) is 14.9 Å². The number of hydrogen-bond acceptors (Lipinski definition) is 7. The lowest BCUT2D eigenvalue weighted by Crippen LogP contribution is -2.06. The first-order valence-electron chi connectivity index (χ1n) is 8.27. The summed E-state index contributed by atoms with van der Waals surface area (Å²) >= 11 is 0. The number of aromatic hydroxyl groups is 1. The Balaban J connectivity index is 2.21. The third-order valence-corrected chi connectivity index (χ3v) is 4.54. The highest BCUT2D eigenvalue weighted by Crippen LogP contribution is 2.43. The molecule has 29 heavy (non-hydrogen) atoms. The average Bonchev–Trinajstić information content (AvgIpc) is 2.65. The van der Waals surface area contributed by atoms with Crippen molar-refractivity contribution in [2.75, 3.05) is 5.73 Å². The number of phenols is 1. The zero-order chi connectivity index (χ0) is 20.9. The van der Waals surface area contributed by atoms with Crippen LogP contribution in [-0.2, 0) is 0 Å². The number of aromatic carboxylic acids is 1. The summed E-state index contributed by atoms with van der Waals surface area (Å²) in [4.78, 5) is 34.1. The Morgan fingerprint density at radius 3 is 2.52 bits per heavy atom. The molecule has 4 N–H and O–H groups in total. The number of nitrogen functional groups attached to an aromatic ring is 1. The number of fused-ring (bicyclic) bond motifs is 2. The number of nitro groups is 1. The molecular weight excluding hydrogens is 380 g/mol. The molecule has 1 aliphatic heterocycles. The molecule has 1 heterocycles. The molecule has 2 aliphatic rings. The monoisotopic (exact) mass is 392 g/mol. The maximum atomic E-state index is 11.9. The smallest absolute Gasteiger partial charge is 0.336 e. The van der Waals surface area contributed by atoms with Crippen LogP contribution in [0.3, 0.4) is 0 Å². The van der Waals surface area contributed by atoms with Crippen LogP contribution in [0.5, 0.6) is 5.75 Å². The minimum absolute atomic E-state index is 0.0912. The summed E-state index contributed by atoms with van der Waals surface area (Å²) in [7, 11) is 0. The fourth-order valence-corrected chi connectivity index (χ4v) is 3.30. The van der Waals surface area contributed by atoms with Crippen LogP contribution in [0.25, 0.3) is 33.4 Å². The Morgan fingerprint density at radius 2 is 1.83 bits per heavy atom. The molecule has 0 amide bonds. The molecule has 0 atom stereocenters. The van der Waals surface area contributed by atoms with Crippen molar-refractivity contribution < 1.29 is 24.3 Å². The molecule has 4 rings (SSSR count). The number of carboxylic acids is 1. The number of phenolic OH excluding ortho intramolecular Hbond substituents is 1. The zero-order valence-electron chi connectivity index (χ0n) is 14.6. The Labute approximate surface area is 161 Å². The number of benzene rings is 3. The van der Waals surface area contributed by atoms with E-state index in [-0.39, 0.29) is 39.3 Å². The lowest BCUT2D eigenvalue weighted by atomic mass is 9.90. The van der Waals surface area contributed by atoms with E-state index in [1.165, 1.54) is 42.5 Å². The van der Waals surface area contributed by atoms with E-state index in [4.69, 9.17) is 10.2 Å². The highest BCUT2D eigenvalue weighted by molar-refractivity contribution is 6.08. The van der Waals surface area contributed by atoms with Crippen LogP contribution >= 0.6 is 0 Å². The molecule has 0 saturated heterocycles. The van der Waals surface area contributed by atoms with E-state index in [0.29, 0.717) is 16.5 Å². The number of nitrogens with zero attached hydrogens (tertiary/aromatic N) is 1. The summed E-state index contributed by atoms with van der Waals surface area (Å²) in [5.41, 5.74) is 5.52. The first kappa shape index (κ1) is 18.0. The third kappa shape index (κ3) is 2.90. The van der Waals surface area contributed by atoms with Gasteiger partial charge in [-0.1, -0.05) is 0 Å². The van der Waals surface area contributed by atoms with Crippen molar-refractivity contribution in [3.63, 3.8) is 0 Å². The molecule has 9 nitrogen and oxygen atoms in total. The summed E-state index contributed by atoms with van der Waals surface area (Å²) < 4.78 is 5.72. The van der Waals surface area contributed by atoms with Gasteiger partial charge in [0.05, 0.1) is 10.5 Å². The van der Waals surface area contributed by atoms with Gasteiger partial charge in [0.1, 0.15) is 22.8 Å². The second-order valence-electron chi connectivity index (χ2n) is 6.33. The topological polar surface area (TPSA) is 157 Å². The van der Waals surface area contributed by atoms with Crippen molar-refractivity contribution in [3.8, 4) is 28.2 Å². The maximum absolute atomic E-state index is 11.9. The van der Waals surface area contributed by atoms with Gasteiger partial charge in [0, 0.05) is 40.3 Å². The maximum Gasteiger partial charge on any atom is 0.336 e. The average molecular weight is 392 g/mol. The molecule has 0 fully saturated rings. The zero-order valence-corrected chi connectivity index (χ0v) is 14.6. The molecule has 2 aromatic rings. The Morgan fingerprint density at radius 1 is 1.07 bits per heavy atom. The van der Waals surface area contributed by atoms with E-state index < -0.39 is 16.6 Å². The number of carbonyl (C=O) groups is 1. The van der Waals surface area contributed by atoms with Crippen molar-refractivity contribution in [1.82, 2.24) is 0 Å². The number of rotatable bonds is 3. The third-order valence-electron chi connectivity index (χ3n) is 4.54. The van der Waals surface area contributed by atoms with Crippen LogP contribution in [-0.4, -0.2) is 21.1 Å². The van der Waals surface area contributed by atoms with Crippen LogP contribution in [0, 0.1) is 10.1 Å². The Hall–Kier alpha value is -4.40. The molecule has 9 heteroatoms. The van der Waals surface area contributed by atoms with E-state index in [0.717, 1.165) is 6.07 Å². The number of anilines is 1. The highest BCUT2D eigenvalue weighted by atomic mass is 16.6. The molecule has 0 unspecified atom stereocenters. The van der Waals surface area contributed by atoms with Crippen molar-refractivity contribution in [1.29, 1.82) is 0 Å². The van der Waals surface area contributed by atoms with Gasteiger partial charge >= 0.3 is 5.97 Å². The minimum atomic E-state index is -1.38. The SMILES string of the molecule is Nc1cc(-c2c3ccc(=O)cc-3oc3cc(O)ccc23)c(C(=O)O)cc1[N+](=O)[O-]. The van der Waals surface area contributed by atoms with E-state index in [9.17, 15) is 29.9 Å². The number of nitro benzene ring substituents is 1. The number of nitrogens with two attached hydrogens (primary N) is 1. The molecule has 0 spiro atoms. The van der Waals surface area contributed by atoms with Gasteiger partial charge in [0.25, 0.3) is 5.69 Å². The van der Waals surface area contributed by atoms with Crippen molar-refractivity contribution in [3.05, 3.63) is 74.4 Å². The summed E-state index contributed by atoms with van der Waals surface area (Å²) in [5.74, 6) is -1.31. The number of hydrogen-bond donors (Lipinski definition) is 3.